The highest BCUT2D eigenvalue weighted by Gasteiger charge is 2.29. The van der Waals surface area contributed by atoms with Gasteiger partial charge in [0.25, 0.3) is 5.91 Å². The summed E-state index contributed by atoms with van der Waals surface area (Å²) in [5, 5.41) is 7.27. The van der Waals surface area contributed by atoms with E-state index in [-0.39, 0.29) is 5.91 Å². The topological polar surface area (TPSA) is 76.8 Å². The molecule has 7 heteroatoms. The van der Waals surface area contributed by atoms with E-state index in [1.165, 1.54) is 0 Å². The highest BCUT2D eigenvalue weighted by molar-refractivity contribution is 6.04. The van der Waals surface area contributed by atoms with E-state index >= 15 is 0 Å². The van der Waals surface area contributed by atoms with Crippen LogP contribution in [0.1, 0.15) is 16.8 Å². The van der Waals surface area contributed by atoms with E-state index in [9.17, 15) is 4.79 Å². The van der Waals surface area contributed by atoms with Gasteiger partial charge in [-0.15, -0.1) is 0 Å². The number of rotatable bonds is 5. The molecule has 1 aromatic carbocycles. The molecule has 3 heterocycles. The average Bonchev–Trinajstić information content (AvgIpc) is 3.37. The molecule has 2 aliphatic heterocycles. The van der Waals surface area contributed by atoms with Gasteiger partial charge in [0.2, 0.25) is 0 Å². The van der Waals surface area contributed by atoms with Gasteiger partial charge >= 0.3 is 0 Å². The average molecular weight is 357 g/mol. The SMILES string of the molecule is O=C(NCC1CCOC1)c1c(N2CCOCC2)noc1-c1ccccc1. The summed E-state index contributed by atoms with van der Waals surface area (Å²) in [6.07, 6.45) is 0.978. The summed E-state index contributed by atoms with van der Waals surface area (Å²) in [6, 6.07) is 9.62. The number of nitrogens with one attached hydrogen (secondary N) is 1. The van der Waals surface area contributed by atoms with Crippen LogP contribution in [0, 0.1) is 5.92 Å². The maximum atomic E-state index is 13.0. The van der Waals surface area contributed by atoms with Crippen LogP contribution in [0.4, 0.5) is 5.82 Å². The third-order valence-corrected chi connectivity index (χ3v) is 4.82. The second kappa shape index (κ2) is 7.88. The Bertz CT molecular complexity index is 734. The predicted octanol–water partition coefficient (Wildman–Crippen LogP) is 1.94. The first-order valence-corrected chi connectivity index (χ1v) is 9.06. The second-order valence-corrected chi connectivity index (χ2v) is 6.62. The maximum absolute atomic E-state index is 13.0. The van der Waals surface area contributed by atoms with E-state index in [0.29, 0.717) is 62.5 Å². The van der Waals surface area contributed by atoms with Gasteiger partial charge in [-0.1, -0.05) is 35.5 Å². The Kier molecular flexibility index (Phi) is 5.17. The van der Waals surface area contributed by atoms with E-state index in [0.717, 1.165) is 18.6 Å². The normalized spacial score (nSPS) is 20.3. The minimum absolute atomic E-state index is 0.154. The zero-order valence-corrected chi connectivity index (χ0v) is 14.6. The van der Waals surface area contributed by atoms with Crippen LogP contribution < -0.4 is 10.2 Å². The van der Waals surface area contributed by atoms with Crippen molar-refractivity contribution in [2.75, 3.05) is 51.0 Å². The Labute approximate surface area is 152 Å². The molecule has 0 aliphatic carbocycles. The van der Waals surface area contributed by atoms with Crippen molar-refractivity contribution in [3.63, 3.8) is 0 Å². The molecule has 2 fully saturated rings. The molecule has 4 rings (SSSR count). The number of carbonyl (C=O) groups is 1. The molecular weight excluding hydrogens is 334 g/mol. The van der Waals surface area contributed by atoms with Crippen molar-refractivity contribution in [3.05, 3.63) is 35.9 Å². The van der Waals surface area contributed by atoms with Crippen LogP contribution in [0.3, 0.4) is 0 Å². The number of benzene rings is 1. The standard InChI is InChI=1S/C19H23N3O4/c23-19(20-12-14-6-9-25-13-14)16-17(15-4-2-1-3-5-15)26-21-18(16)22-7-10-24-11-8-22/h1-5,14H,6-13H2,(H,20,23). The summed E-state index contributed by atoms with van der Waals surface area (Å²) in [5.74, 6) is 1.31. The number of ether oxygens (including phenoxy) is 2. The first-order valence-electron chi connectivity index (χ1n) is 9.06. The van der Waals surface area contributed by atoms with Crippen molar-refractivity contribution >= 4 is 11.7 Å². The largest absolute Gasteiger partial charge is 0.381 e. The molecule has 1 amide bonds. The van der Waals surface area contributed by atoms with E-state index in [1.807, 2.05) is 35.2 Å². The van der Waals surface area contributed by atoms with Gasteiger partial charge in [-0.2, -0.15) is 0 Å². The van der Waals surface area contributed by atoms with Crippen LogP contribution >= 0.6 is 0 Å². The Balaban J connectivity index is 1.62. The molecule has 0 bridgehead atoms. The zero-order valence-electron chi connectivity index (χ0n) is 14.6. The number of anilines is 1. The zero-order chi connectivity index (χ0) is 17.8. The Morgan fingerprint density at radius 3 is 2.69 bits per heavy atom. The van der Waals surface area contributed by atoms with Gasteiger partial charge < -0.3 is 24.2 Å². The lowest BCUT2D eigenvalue weighted by Crippen LogP contribution is -2.38. The molecule has 0 radical (unpaired) electrons. The van der Waals surface area contributed by atoms with Crippen molar-refractivity contribution < 1.29 is 18.8 Å². The van der Waals surface area contributed by atoms with Crippen LogP contribution in [0.2, 0.25) is 0 Å². The fraction of sp³-hybridized carbons (Fsp3) is 0.474. The molecule has 2 saturated heterocycles. The van der Waals surface area contributed by atoms with E-state index in [2.05, 4.69) is 10.5 Å². The molecule has 1 N–H and O–H groups in total. The van der Waals surface area contributed by atoms with E-state index in [4.69, 9.17) is 14.0 Å². The van der Waals surface area contributed by atoms with Crippen LogP contribution in [-0.2, 0) is 9.47 Å². The highest BCUT2D eigenvalue weighted by Crippen LogP contribution is 2.31. The molecule has 2 aromatic rings. The Morgan fingerprint density at radius 1 is 1.15 bits per heavy atom. The van der Waals surface area contributed by atoms with Crippen molar-refractivity contribution in [1.29, 1.82) is 0 Å². The third kappa shape index (κ3) is 3.59. The first kappa shape index (κ1) is 17.1. The second-order valence-electron chi connectivity index (χ2n) is 6.62. The monoisotopic (exact) mass is 357 g/mol. The number of amides is 1. The summed E-state index contributed by atoms with van der Waals surface area (Å²) < 4.78 is 16.4. The lowest BCUT2D eigenvalue weighted by Gasteiger charge is -2.27. The Hall–Kier alpha value is -2.38. The van der Waals surface area contributed by atoms with Gasteiger partial charge in [-0.3, -0.25) is 4.79 Å². The fourth-order valence-electron chi connectivity index (χ4n) is 3.33. The predicted molar refractivity (Wildman–Crippen MR) is 96.2 cm³/mol. The van der Waals surface area contributed by atoms with Gasteiger partial charge in [-0.25, -0.2) is 0 Å². The summed E-state index contributed by atoms with van der Waals surface area (Å²) in [5.41, 5.74) is 1.34. The third-order valence-electron chi connectivity index (χ3n) is 4.82. The molecule has 138 valence electrons. The minimum atomic E-state index is -0.154. The van der Waals surface area contributed by atoms with Crippen molar-refractivity contribution in [2.45, 2.75) is 6.42 Å². The van der Waals surface area contributed by atoms with Gasteiger partial charge in [0.15, 0.2) is 11.6 Å². The molecular formula is C19H23N3O4. The lowest BCUT2D eigenvalue weighted by molar-refractivity contribution is 0.0944. The molecule has 1 atom stereocenters. The first-order chi connectivity index (χ1) is 12.8. The number of morpholine rings is 1. The highest BCUT2D eigenvalue weighted by atomic mass is 16.5. The molecule has 26 heavy (non-hydrogen) atoms. The molecule has 0 spiro atoms. The number of aromatic nitrogens is 1. The van der Waals surface area contributed by atoms with Gasteiger partial charge in [0, 0.05) is 37.7 Å². The van der Waals surface area contributed by atoms with Gasteiger partial charge in [-0.05, 0) is 6.42 Å². The summed E-state index contributed by atoms with van der Waals surface area (Å²) in [6.45, 7) is 4.69. The lowest BCUT2D eigenvalue weighted by atomic mass is 10.1. The summed E-state index contributed by atoms with van der Waals surface area (Å²) in [7, 11) is 0. The number of hydrogen-bond donors (Lipinski definition) is 1. The fourth-order valence-corrected chi connectivity index (χ4v) is 3.33. The quantitative estimate of drug-likeness (QED) is 0.881. The smallest absolute Gasteiger partial charge is 0.259 e. The molecule has 1 aromatic heterocycles. The molecule has 0 saturated carbocycles. The molecule has 1 unspecified atom stereocenters. The van der Waals surface area contributed by atoms with Crippen molar-refractivity contribution in [1.82, 2.24) is 10.5 Å². The Morgan fingerprint density at radius 2 is 1.96 bits per heavy atom. The molecule has 7 nitrogen and oxygen atoms in total. The van der Waals surface area contributed by atoms with Crippen LogP contribution in [0.5, 0.6) is 0 Å². The maximum Gasteiger partial charge on any atom is 0.259 e. The summed E-state index contributed by atoms with van der Waals surface area (Å²) in [4.78, 5) is 15.1. The van der Waals surface area contributed by atoms with Crippen molar-refractivity contribution in [3.8, 4) is 11.3 Å². The van der Waals surface area contributed by atoms with Crippen LogP contribution in [-0.4, -0.2) is 57.1 Å². The molecule has 2 aliphatic rings. The number of hydrogen-bond acceptors (Lipinski definition) is 6. The summed E-state index contributed by atoms with van der Waals surface area (Å²) >= 11 is 0. The van der Waals surface area contributed by atoms with Gasteiger partial charge in [0.05, 0.1) is 19.8 Å². The van der Waals surface area contributed by atoms with Crippen LogP contribution in [0.15, 0.2) is 34.9 Å². The van der Waals surface area contributed by atoms with Crippen LogP contribution in [0.25, 0.3) is 11.3 Å². The van der Waals surface area contributed by atoms with Gasteiger partial charge in [0.1, 0.15) is 5.56 Å². The van der Waals surface area contributed by atoms with E-state index < -0.39 is 0 Å². The number of nitrogens with zero attached hydrogens (tertiary/aromatic N) is 2. The van der Waals surface area contributed by atoms with E-state index in [1.54, 1.807) is 0 Å². The van der Waals surface area contributed by atoms with Crippen molar-refractivity contribution in [2.24, 2.45) is 5.92 Å². The number of carbonyl (C=O) groups excluding carboxylic acids is 1. The minimum Gasteiger partial charge on any atom is -0.381 e.